The Labute approximate surface area is 197 Å². The summed E-state index contributed by atoms with van der Waals surface area (Å²) in [5.41, 5.74) is 4.97. The van der Waals surface area contributed by atoms with E-state index >= 15 is 0 Å². The van der Waals surface area contributed by atoms with Crippen molar-refractivity contribution in [2.75, 3.05) is 4.90 Å². The van der Waals surface area contributed by atoms with Crippen molar-refractivity contribution in [2.24, 2.45) is 0 Å². The average Bonchev–Trinajstić information content (AvgIpc) is 2.86. The number of carbonyl (C=O) groups excluding carboxylic acids is 1. The van der Waals surface area contributed by atoms with Gasteiger partial charge in [-0.25, -0.2) is 0 Å². The van der Waals surface area contributed by atoms with Crippen molar-refractivity contribution in [2.45, 2.75) is 32.6 Å². The van der Waals surface area contributed by atoms with E-state index in [2.05, 4.69) is 9.97 Å². The number of aryl methyl sites for hydroxylation is 1. The van der Waals surface area contributed by atoms with Gasteiger partial charge in [0, 0.05) is 41.3 Å². The fraction of sp³-hybridized carbons (Fsp3) is 0.179. The number of halogens is 2. The normalized spacial score (nSPS) is 11.3. The molecule has 34 heavy (non-hydrogen) atoms. The van der Waals surface area contributed by atoms with Crippen molar-refractivity contribution in [3.63, 3.8) is 0 Å². The van der Waals surface area contributed by atoms with Gasteiger partial charge >= 0.3 is 11.8 Å². The van der Waals surface area contributed by atoms with Crippen LogP contribution in [-0.4, -0.2) is 21.8 Å². The Kier molecular flexibility index (Phi) is 6.77. The van der Waals surface area contributed by atoms with Crippen LogP contribution in [0.2, 0.25) is 0 Å². The van der Waals surface area contributed by atoms with Crippen molar-refractivity contribution in [1.82, 2.24) is 9.97 Å². The molecule has 4 aromatic rings. The van der Waals surface area contributed by atoms with Crippen LogP contribution in [0.5, 0.6) is 0 Å². The first-order valence-electron chi connectivity index (χ1n) is 11.2. The zero-order chi connectivity index (χ0) is 24.1. The molecule has 1 heterocycles. The number of amides is 1. The van der Waals surface area contributed by atoms with Crippen molar-refractivity contribution in [3.05, 3.63) is 96.8 Å². The van der Waals surface area contributed by atoms with Crippen LogP contribution in [0.1, 0.15) is 25.3 Å². The largest absolute Gasteiger partial charge is 0.325 e. The fourth-order valence-electron chi connectivity index (χ4n) is 3.90. The zero-order valence-corrected chi connectivity index (χ0v) is 19.1. The summed E-state index contributed by atoms with van der Waals surface area (Å²) < 4.78 is 29.3. The Morgan fingerprint density at radius 1 is 0.824 bits per heavy atom. The molecule has 0 aliphatic carbocycles. The maximum atomic E-state index is 14.7. The first kappa shape index (κ1) is 23.2. The minimum absolute atomic E-state index is 0.203. The number of carbonyl (C=O) groups is 1. The highest BCUT2D eigenvalue weighted by molar-refractivity contribution is 6.04. The molecule has 3 aromatic carbocycles. The average molecular weight is 458 g/mol. The molecule has 0 radical (unpaired) electrons. The van der Waals surface area contributed by atoms with Crippen molar-refractivity contribution < 1.29 is 13.6 Å². The molecule has 0 unspecified atom stereocenters. The van der Waals surface area contributed by atoms with Crippen LogP contribution in [0.3, 0.4) is 0 Å². The summed E-state index contributed by atoms with van der Waals surface area (Å²) in [5.74, 6) is -4.71. The summed E-state index contributed by atoms with van der Waals surface area (Å²) in [6.45, 7) is 3.65. The van der Waals surface area contributed by atoms with E-state index in [1.165, 1.54) is 0 Å². The highest BCUT2D eigenvalue weighted by atomic mass is 19.3. The fourth-order valence-corrected chi connectivity index (χ4v) is 3.90. The third-order valence-corrected chi connectivity index (χ3v) is 5.59. The zero-order valence-electron chi connectivity index (χ0n) is 19.1. The van der Waals surface area contributed by atoms with E-state index in [0.717, 1.165) is 27.3 Å². The molecule has 0 atom stereocenters. The van der Waals surface area contributed by atoms with Gasteiger partial charge in [0.1, 0.15) is 0 Å². The molecule has 0 aliphatic rings. The SMILES string of the molecule is CCCC(F)(F)C(=O)N(c1ccccc1)c1ccc(-c2nccnc2-c2ccccc2C)cc1. The minimum Gasteiger partial charge on any atom is -0.276 e. The number of anilines is 2. The third-order valence-electron chi connectivity index (χ3n) is 5.59. The smallest absolute Gasteiger partial charge is 0.276 e. The summed E-state index contributed by atoms with van der Waals surface area (Å²) in [6, 6.07) is 23.3. The van der Waals surface area contributed by atoms with Crippen LogP contribution in [-0.2, 0) is 4.79 Å². The van der Waals surface area contributed by atoms with E-state index in [1.807, 2.05) is 31.2 Å². The standard InChI is InChI=1S/C28H25F2N3O/c1-3-17-28(29,30)27(34)33(22-10-5-4-6-11-22)23-15-13-21(14-16-23)25-26(32-19-18-31-25)24-12-8-7-9-20(24)2/h4-16,18-19H,3,17H2,1-2H3. The number of para-hydroxylation sites is 1. The molecule has 0 saturated heterocycles. The topological polar surface area (TPSA) is 46.1 Å². The van der Waals surface area contributed by atoms with Crippen LogP contribution < -0.4 is 4.90 Å². The monoisotopic (exact) mass is 457 g/mol. The van der Waals surface area contributed by atoms with Crippen molar-refractivity contribution in [3.8, 4) is 22.5 Å². The van der Waals surface area contributed by atoms with E-state index in [-0.39, 0.29) is 6.42 Å². The predicted octanol–water partition coefficient (Wildman–Crippen LogP) is 7.22. The minimum atomic E-state index is -3.47. The predicted molar refractivity (Wildman–Crippen MR) is 131 cm³/mol. The summed E-state index contributed by atoms with van der Waals surface area (Å²) >= 11 is 0. The van der Waals surface area contributed by atoms with E-state index in [4.69, 9.17) is 0 Å². The van der Waals surface area contributed by atoms with Crippen molar-refractivity contribution in [1.29, 1.82) is 0 Å². The number of nitrogens with zero attached hydrogens (tertiary/aromatic N) is 3. The second-order valence-corrected chi connectivity index (χ2v) is 8.05. The molecule has 1 amide bonds. The Balaban J connectivity index is 1.75. The molecule has 0 spiro atoms. The van der Waals surface area contributed by atoms with Gasteiger partial charge in [0.15, 0.2) is 0 Å². The first-order chi connectivity index (χ1) is 16.4. The maximum absolute atomic E-state index is 14.7. The van der Waals surface area contributed by atoms with Crippen LogP contribution >= 0.6 is 0 Å². The summed E-state index contributed by atoms with van der Waals surface area (Å²) in [7, 11) is 0. The van der Waals surface area contributed by atoms with Crippen LogP contribution in [0.15, 0.2) is 91.3 Å². The molecular weight excluding hydrogens is 432 g/mol. The summed E-state index contributed by atoms with van der Waals surface area (Å²) in [5, 5.41) is 0. The number of hydrogen-bond donors (Lipinski definition) is 0. The van der Waals surface area contributed by atoms with Crippen LogP contribution in [0, 0.1) is 6.92 Å². The van der Waals surface area contributed by atoms with Gasteiger partial charge in [-0.1, -0.05) is 61.5 Å². The lowest BCUT2D eigenvalue weighted by Gasteiger charge is -2.27. The number of alkyl halides is 2. The van der Waals surface area contributed by atoms with Crippen LogP contribution in [0.25, 0.3) is 22.5 Å². The van der Waals surface area contributed by atoms with Crippen molar-refractivity contribution >= 4 is 17.3 Å². The molecule has 0 aliphatic heterocycles. The quantitative estimate of drug-likeness (QED) is 0.294. The van der Waals surface area contributed by atoms with Gasteiger partial charge in [0.05, 0.1) is 11.4 Å². The van der Waals surface area contributed by atoms with Gasteiger partial charge in [-0.05, 0) is 43.2 Å². The van der Waals surface area contributed by atoms with Gasteiger partial charge in [-0.15, -0.1) is 0 Å². The van der Waals surface area contributed by atoms with Gasteiger partial charge in [0.25, 0.3) is 0 Å². The maximum Gasteiger partial charge on any atom is 0.325 e. The molecule has 0 fully saturated rings. The lowest BCUT2D eigenvalue weighted by molar-refractivity contribution is -0.142. The Bertz CT molecular complexity index is 1270. The third kappa shape index (κ3) is 4.71. The molecule has 1 aromatic heterocycles. The van der Waals surface area contributed by atoms with E-state index < -0.39 is 18.3 Å². The lowest BCUT2D eigenvalue weighted by Crippen LogP contribution is -2.41. The van der Waals surface area contributed by atoms with Gasteiger partial charge < -0.3 is 0 Å². The number of benzene rings is 3. The number of aromatic nitrogens is 2. The molecule has 4 nitrogen and oxygen atoms in total. The molecule has 0 N–H and O–H groups in total. The Hall–Kier alpha value is -3.93. The first-order valence-corrected chi connectivity index (χ1v) is 11.2. The molecule has 0 saturated carbocycles. The lowest BCUT2D eigenvalue weighted by atomic mass is 10.00. The second kappa shape index (κ2) is 9.91. The molecule has 4 rings (SSSR count). The highest BCUT2D eigenvalue weighted by Crippen LogP contribution is 2.35. The molecular formula is C28H25F2N3O. The van der Waals surface area contributed by atoms with Gasteiger partial charge in [-0.2, -0.15) is 8.78 Å². The van der Waals surface area contributed by atoms with E-state index in [1.54, 1.807) is 73.9 Å². The second-order valence-electron chi connectivity index (χ2n) is 8.05. The Morgan fingerprint density at radius 2 is 1.41 bits per heavy atom. The van der Waals surface area contributed by atoms with E-state index in [0.29, 0.717) is 17.1 Å². The number of hydrogen-bond acceptors (Lipinski definition) is 3. The Morgan fingerprint density at radius 3 is 2.06 bits per heavy atom. The molecule has 172 valence electrons. The molecule has 6 heteroatoms. The number of rotatable bonds is 7. The van der Waals surface area contributed by atoms with Gasteiger partial charge in [-0.3, -0.25) is 19.7 Å². The van der Waals surface area contributed by atoms with E-state index in [9.17, 15) is 13.6 Å². The van der Waals surface area contributed by atoms with Gasteiger partial charge in [0.2, 0.25) is 0 Å². The summed E-state index contributed by atoms with van der Waals surface area (Å²) in [6.07, 6.45) is 2.96. The molecule has 0 bridgehead atoms. The van der Waals surface area contributed by atoms with Crippen LogP contribution in [0.4, 0.5) is 20.2 Å². The highest BCUT2D eigenvalue weighted by Gasteiger charge is 2.42. The summed E-state index contributed by atoms with van der Waals surface area (Å²) in [4.78, 5) is 23.1.